The zero-order chi connectivity index (χ0) is 8.97. The standard InChI is InChI=1S/C10H14N2/c1-3-9-6-8(7-11)4-5-10(9)12-2/h3-6,12H,1,7,11H2,2H3. The van der Waals surface area contributed by atoms with Gasteiger partial charge in [0.25, 0.3) is 0 Å². The lowest BCUT2D eigenvalue weighted by Crippen LogP contribution is -1.98. The second-order valence-corrected chi connectivity index (χ2v) is 2.58. The first-order valence-electron chi connectivity index (χ1n) is 3.95. The van der Waals surface area contributed by atoms with E-state index in [0.717, 1.165) is 16.8 Å². The van der Waals surface area contributed by atoms with E-state index >= 15 is 0 Å². The summed E-state index contributed by atoms with van der Waals surface area (Å²) >= 11 is 0. The fraction of sp³-hybridized carbons (Fsp3) is 0.200. The third-order valence-electron chi connectivity index (χ3n) is 1.84. The van der Waals surface area contributed by atoms with Gasteiger partial charge in [0.15, 0.2) is 0 Å². The van der Waals surface area contributed by atoms with Crippen LogP contribution in [0.1, 0.15) is 11.1 Å². The summed E-state index contributed by atoms with van der Waals surface area (Å²) in [6.45, 7) is 4.31. The van der Waals surface area contributed by atoms with E-state index in [1.54, 1.807) is 0 Å². The van der Waals surface area contributed by atoms with Crippen LogP contribution >= 0.6 is 0 Å². The van der Waals surface area contributed by atoms with Crippen molar-refractivity contribution in [2.24, 2.45) is 5.73 Å². The van der Waals surface area contributed by atoms with Gasteiger partial charge < -0.3 is 11.1 Å². The molecule has 0 atom stereocenters. The summed E-state index contributed by atoms with van der Waals surface area (Å²) in [5.74, 6) is 0. The van der Waals surface area contributed by atoms with Crippen molar-refractivity contribution in [1.82, 2.24) is 0 Å². The molecule has 1 aromatic rings. The van der Waals surface area contributed by atoms with Crippen LogP contribution in [-0.2, 0) is 6.54 Å². The molecule has 0 fully saturated rings. The molecule has 0 bridgehead atoms. The maximum atomic E-state index is 5.51. The van der Waals surface area contributed by atoms with Gasteiger partial charge in [0.05, 0.1) is 0 Å². The first kappa shape index (κ1) is 8.81. The molecule has 0 spiro atoms. The van der Waals surface area contributed by atoms with Crippen molar-refractivity contribution in [2.45, 2.75) is 6.54 Å². The summed E-state index contributed by atoms with van der Waals surface area (Å²) in [7, 11) is 1.89. The Hall–Kier alpha value is -1.28. The van der Waals surface area contributed by atoms with Crippen molar-refractivity contribution in [3.8, 4) is 0 Å². The van der Waals surface area contributed by atoms with Gasteiger partial charge in [-0.3, -0.25) is 0 Å². The van der Waals surface area contributed by atoms with Crippen molar-refractivity contribution >= 4 is 11.8 Å². The molecule has 0 heterocycles. The van der Waals surface area contributed by atoms with E-state index in [1.165, 1.54) is 0 Å². The Morgan fingerprint density at radius 1 is 1.58 bits per heavy atom. The van der Waals surface area contributed by atoms with E-state index in [9.17, 15) is 0 Å². The van der Waals surface area contributed by atoms with Crippen molar-refractivity contribution in [3.63, 3.8) is 0 Å². The zero-order valence-electron chi connectivity index (χ0n) is 7.30. The molecule has 0 radical (unpaired) electrons. The van der Waals surface area contributed by atoms with Crippen LogP contribution in [0, 0.1) is 0 Å². The third-order valence-corrected chi connectivity index (χ3v) is 1.84. The predicted molar refractivity (Wildman–Crippen MR) is 54.0 cm³/mol. The maximum Gasteiger partial charge on any atom is 0.0411 e. The maximum absolute atomic E-state index is 5.51. The highest BCUT2D eigenvalue weighted by Gasteiger charge is 1.97. The van der Waals surface area contributed by atoms with Crippen molar-refractivity contribution < 1.29 is 0 Å². The monoisotopic (exact) mass is 162 g/mol. The van der Waals surface area contributed by atoms with Gasteiger partial charge >= 0.3 is 0 Å². The highest BCUT2D eigenvalue weighted by atomic mass is 14.8. The normalized spacial score (nSPS) is 9.50. The zero-order valence-corrected chi connectivity index (χ0v) is 7.30. The van der Waals surface area contributed by atoms with Crippen LogP contribution in [0.3, 0.4) is 0 Å². The number of benzene rings is 1. The molecule has 1 aromatic carbocycles. The smallest absolute Gasteiger partial charge is 0.0411 e. The van der Waals surface area contributed by atoms with E-state index in [4.69, 9.17) is 5.73 Å². The topological polar surface area (TPSA) is 38.0 Å². The van der Waals surface area contributed by atoms with Crippen molar-refractivity contribution in [3.05, 3.63) is 35.9 Å². The lowest BCUT2D eigenvalue weighted by Gasteiger charge is -2.06. The number of nitrogens with two attached hydrogens (primary N) is 1. The molecule has 12 heavy (non-hydrogen) atoms. The SMILES string of the molecule is C=Cc1cc(CN)ccc1NC. The molecule has 3 N–H and O–H groups in total. The molecule has 0 saturated carbocycles. The quantitative estimate of drug-likeness (QED) is 0.711. The number of hydrogen-bond acceptors (Lipinski definition) is 2. The van der Waals surface area contributed by atoms with Gasteiger partial charge in [-0.25, -0.2) is 0 Å². The van der Waals surface area contributed by atoms with Crippen LogP contribution in [0.4, 0.5) is 5.69 Å². The third kappa shape index (κ3) is 1.66. The van der Waals surface area contributed by atoms with Gasteiger partial charge in [0.2, 0.25) is 0 Å². The number of anilines is 1. The summed E-state index contributed by atoms with van der Waals surface area (Å²) in [4.78, 5) is 0. The van der Waals surface area contributed by atoms with Crippen LogP contribution in [-0.4, -0.2) is 7.05 Å². The minimum Gasteiger partial charge on any atom is -0.388 e. The summed E-state index contributed by atoms with van der Waals surface area (Å²) in [5.41, 5.74) is 8.82. The Balaban J connectivity index is 3.10. The molecule has 1 rings (SSSR count). The van der Waals surface area contributed by atoms with Gasteiger partial charge in [0, 0.05) is 19.3 Å². The van der Waals surface area contributed by atoms with Crippen LogP contribution in [0.2, 0.25) is 0 Å². The molecule has 2 nitrogen and oxygen atoms in total. The fourth-order valence-corrected chi connectivity index (χ4v) is 1.14. The van der Waals surface area contributed by atoms with E-state index in [1.807, 2.05) is 31.3 Å². The predicted octanol–water partition coefficient (Wildman–Crippen LogP) is 1.83. The summed E-state index contributed by atoms with van der Waals surface area (Å²) in [5, 5.41) is 3.09. The van der Waals surface area contributed by atoms with Crippen molar-refractivity contribution in [1.29, 1.82) is 0 Å². The Morgan fingerprint density at radius 3 is 2.83 bits per heavy atom. The molecular formula is C10H14N2. The minimum absolute atomic E-state index is 0.574. The Labute approximate surface area is 73.1 Å². The van der Waals surface area contributed by atoms with Crippen molar-refractivity contribution in [2.75, 3.05) is 12.4 Å². The lowest BCUT2D eigenvalue weighted by molar-refractivity contribution is 1.07. The Morgan fingerprint density at radius 2 is 2.33 bits per heavy atom. The molecule has 2 heteroatoms. The number of hydrogen-bond donors (Lipinski definition) is 2. The van der Waals surface area contributed by atoms with Crippen LogP contribution in [0.25, 0.3) is 6.08 Å². The Kier molecular flexibility index (Phi) is 2.88. The number of nitrogens with one attached hydrogen (secondary N) is 1. The van der Waals surface area contributed by atoms with E-state index in [0.29, 0.717) is 6.54 Å². The first-order chi connectivity index (χ1) is 5.81. The molecule has 0 aliphatic carbocycles. The largest absolute Gasteiger partial charge is 0.388 e. The molecule has 0 aromatic heterocycles. The minimum atomic E-state index is 0.574. The van der Waals surface area contributed by atoms with Gasteiger partial charge in [-0.2, -0.15) is 0 Å². The average molecular weight is 162 g/mol. The summed E-state index contributed by atoms with van der Waals surface area (Å²) in [6.07, 6.45) is 1.82. The highest BCUT2D eigenvalue weighted by molar-refractivity contribution is 5.66. The van der Waals surface area contributed by atoms with Gasteiger partial charge in [0.1, 0.15) is 0 Å². The average Bonchev–Trinajstić information content (AvgIpc) is 2.16. The molecular weight excluding hydrogens is 148 g/mol. The van der Waals surface area contributed by atoms with Crippen LogP contribution in [0.15, 0.2) is 24.8 Å². The summed E-state index contributed by atoms with van der Waals surface area (Å²) < 4.78 is 0. The highest BCUT2D eigenvalue weighted by Crippen LogP contribution is 2.17. The molecule has 0 saturated heterocycles. The summed E-state index contributed by atoms with van der Waals surface area (Å²) in [6, 6.07) is 6.07. The molecule has 64 valence electrons. The number of rotatable bonds is 3. The second kappa shape index (κ2) is 3.93. The molecule has 0 aliphatic rings. The lowest BCUT2D eigenvalue weighted by atomic mass is 10.1. The molecule has 0 amide bonds. The van der Waals surface area contributed by atoms with E-state index in [-0.39, 0.29) is 0 Å². The molecule has 0 unspecified atom stereocenters. The second-order valence-electron chi connectivity index (χ2n) is 2.58. The van der Waals surface area contributed by atoms with Gasteiger partial charge in [-0.1, -0.05) is 18.7 Å². The fourth-order valence-electron chi connectivity index (χ4n) is 1.14. The van der Waals surface area contributed by atoms with Crippen LogP contribution < -0.4 is 11.1 Å². The Bertz CT molecular complexity index is 279. The van der Waals surface area contributed by atoms with Gasteiger partial charge in [-0.05, 0) is 23.3 Å². The van der Waals surface area contributed by atoms with E-state index < -0.39 is 0 Å². The van der Waals surface area contributed by atoms with Gasteiger partial charge in [-0.15, -0.1) is 0 Å². The molecule has 0 aliphatic heterocycles. The first-order valence-corrected chi connectivity index (χ1v) is 3.95. The van der Waals surface area contributed by atoms with E-state index in [2.05, 4.69) is 11.9 Å². The van der Waals surface area contributed by atoms with Crippen LogP contribution in [0.5, 0.6) is 0 Å².